The highest BCUT2D eigenvalue weighted by Gasteiger charge is 2.38. The van der Waals surface area contributed by atoms with Crippen molar-refractivity contribution < 1.29 is 13.2 Å². The molecule has 18 heavy (non-hydrogen) atoms. The number of nitrogens with two attached hydrogens (primary N) is 1. The van der Waals surface area contributed by atoms with Crippen molar-refractivity contribution in [2.75, 3.05) is 6.54 Å². The van der Waals surface area contributed by atoms with Gasteiger partial charge in [0.05, 0.1) is 10.6 Å². The van der Waals surface area contributed by atoms with E-state index < -0.39 is 11.9 Å². The highest BCUT2D eigenvalue weighted by Crippen LogP contribution is 2.37. The van der Waals surface area contributed by atoms with E-state index >= 15 is 0 Å². The first kappa shape index (κ1) is 13.1. The SMILES string of the molecule is Cn1nc(C(F)(F)F)c(CCN)c1-c1cccs1. The highest BCUT2D eigenvalue weighted by molar-refractivity contribution is 7.13. The average molecular weight is 275 g/mol. The molecule has 0 unspecified atom stereocenters. The molecular formula is C11H12F3N3S. The summed E-state index contributed by atoms with van der Waals surface area (Å²) in [7, 11) is 1.52. The van der Waals surface area contributed by atoms with Crippen LogP contribution in [-0.4, -0.2) is 16.3 Å². The molecule has 2 aromatic heterocycles. The Morgan fingerprint density at radius 1 is 1.44 bits per heavy atom. The molecule has 0 amide bonds. The zero-order chi connectivity index (χ0) is 13.3. The van der Waals surface area contributed by atoms with E-state index in [2.05, 4.69) is 5.10 Å². The first-order valence-electron chi connectivity index (χ1n) is 5.32. The molecule has 0 spiro atoms. The molecule has 2 aromatic rings. The molecule has 3 nitrogen and oxygen atoms in total. The summed E-state index contributed by atoms with van der Waals surface area (Å²) < 4.78 is 40.0. The van der Waals surface area contributed by atoms with Crippen molar-refractivity contribution in [3.63, 3.8) is 0 Å². The van der Waals surface area contributed by atoms with Gasteiger partial charge in [-0.05, 0) is 24.4 Å². The van der Waals surface area contributed by atoms with Crippen molar-refractivity contribution in [1.29, 1.82) is 0 Å². The fraction of sp³-hybridized carbons (Fsp3) is 0.364. The van der Waals surface area contributed by atoms with Crippen LogP contribution in [0.15, 0.2) is 17.5 Å². The lowest BCUT2D eigenvalue weighted by molar-refractivity contribution is -0.142. The van der Waals surface area contributed by atoms with E-state index in [1.165, 1.54) is 23.1 Å². The summed E-state index contributed by atoms with van der Waals surface area (Å²) in [5.74, 6) is 0. The highest BCUT2D eigenvalue weighted by atomic mass is 32.1. The Labute approximate surface area is 106 Å². The number of nitrogens with zero attached hydrogens (tertiary/aromatic N) is 2. The molecule has 98 valence electrons. The van der Waals surface area contributed by atoms with Gasteiger partial charge in [-0.25, -0.2) is 0 Å². The Morgan fingerprint density at radius 3 is 2.67 bits per heavy atom. The molecule has 0 aromatic carbocycles. The summed E-state index contributed by atoms with van der Waals surface area (Å²) in [6.07, 6.45) is -4.28. The standard InChI is InChI=1S/C11H12F3N3S/c1-17-9(8-3-2-6-18-8)7(4-5-15)10(16-17)11(12,13)14/h2-3,6H,4-5,15H2,1H3. The maximum atomic E-state index is 12.9. The van der Waals surface area contributed by atoms with Gasteiger partial charge in [-0.2, -0.15) is 18.3 Å². The molecule has 0 bridgehead atoms. The van der Waals surface area contributed by atoms with Gasteiger partial charge in [-0.15, -0.1) is 11.3 Å². The summed E-state index contributed by atoms with van der Waals surface area (Å²) in [6, 6.07) is 3.58. The maximum Gasteiger partial charge on any atom is 0.435 e. The van der Waals surface area contributed by atoms with E-state index in [4.69, 9.17) is 5.73 Å². The van der Waals surface area contributed by atoms with Crippen molar-refractivity contribution in [2.24, 2.45) is 12.8 Å². The lowest BCUT2D eigenvalue weighted by Crippen LogP contribution is -2.12. The Morgan fingerprint density at radius 2 is 2.17 bits per heavy atom. The summed E-state index contributed by atoms with van der Waals surface area (Å²) in [6.45, 7) is 0.160. The first-order valence-corrected chi connectivity index (χ1v) is 6.20. The van der Waals surface area contributed by atoms with Crippen LogP contribution in [0.4, 0.5) is 13.2 Å². The monoisotopic (exact) mass is 275 g/mol. The van der Waals surface area contributed by atoms with E-state index in [9.17, 15) is 13.2 Å². The first-order chi connectivity index (χ1) is 8.45. The minimum atomic E-state index is -4.45. The Bertz CT molecular complexity index is 528. The van der Waals surface area contributed by atoms with Gasteiger partial charge in [-0.1, -0.05) is 6.07 Å². The number of hydrogen-bond acceptors (Lipinski definition) is 3. The minimum absolute atomic E-state index is 0.160. The molecule has 2 N–H and O–H groups in total. The number of thiophene rings is 1. The second-order valence-corrected chi connectivity index (χ2v) is 4.76. The lowest BCUT2D eigenvalue weighted by atomic mass is 10.1. The van der Waals surface area contributed by atoms with Crippen molar-refractivity contribution in [2.45, 2.75) is 12.6 Å². The molecule has 0 aliphatic carbocycles. The Hall–Kier alpha value is -1.34. The molecule has 2 rings (SSSR count). The van der Waals surface area contributed by atoms with Crippen LogP contribution in [0.3, 0.4) is 0 Å². The molecule has 7 heteroatoms. The fourth-order valence-corrected chi connectivity index (χ4v) is 2.73. The van der Waals surface area contributed by atoms with E-state index in [1.54, 1.807) is 12.1 Å². The van der Waals surface area contributed by atoms with E-state index in [-0.39, 0.29) is 18.5 Å². The number of halogens is 3. The van der Waals surface area contributed by atoms with Crippen LogP contribution in [0.5, 0.6) is 0 Å². The summed E-state index contributed by atoms with van der Waals surface area (Å²) in [5.41, 5.74) is 5.25. The zero-order valence-corrected chi connectivity index (χ0v) is 10.5. The minimum Gasteiger partial charge on any atom is -0.330 e. The van der Waals surface area contributed by atoms with Crippen molar-refractivity contribution in [3.8, 4) is 10.6 Å². The smallest absolute Gasteiger partial charge is 0.330 e. The second-order valence-electron chi connectivity index (χ2n) is 3.81. The van der Waals surface area contributed by atoms with Gasteiger partial charge in [-0.3, -0.25) is 4.68 Å². The van der Waals surface area contributed by atoms with Crippen LogP contribution in [0.1, 0.15) is 11.3 Å². The normalized spacial score (nSPS) is 12.1. The van der Waals surface area contributed by atoms with Crippen LogP contribution < -0.4 is 5.73 Å². The molecule has 0 atom stereocenters. The van der Waals surface area contributed by atoms with Crippen LogP contribution in [0, 0.1) is 0 Å². The maximum absolute atomic E-state index is 12.9. The summed E-state index contributed by atoms with van der Waals surface area (Å²) in [4.78, 5) is 0.768. The third kappa shape index (κ3) is 2.28. The predicted molar refractivity (Wildman–Crippen MR) is 64.3 cm³/mol. The van der Waals surface area contributed by atoms with Gasteiger partial charge in [0.2, 0.25) is 0 Å². The number of aromatic nitrogens is 2. The van der Waals surface area contributed by atoms with Gasteiger partial charge < -0.3 is 5.73 Å². The fourth-order valence-electron chi connectivity index (χ4n) is 1.90. The quantitative estimate of drug-likeness (QED) is 0.936. The number of aryl methyl sites for hydroxylation is 1. The van der Waals surface area contributed by atoms with Gasteiger partial charge >= 0.3 is 6.18 Å². The largest absolute Gasteiger partial charge is 0.435 e. The lowest BCUT2D eigenvalue weighted by Gasteiger charge is -2.06. The number of rotatable bonds is 3. The third-order valence-electron chi connectivity index (χ3n) is 2.56. The van der Waals surface area contributed by atoms with E-state index in [1.807, 2.05) is 5.38 Å². The third-order valence-corrected chi connectivity index (χ3v) is 3.44. The zero-order valence-electron chi connectivity index (χ0n) is 9.66. The molecule has 2 heterocycles. The number of hydrogen-bond donors (Lipinski definition) is 1. The molecule has 0 aliphatic rings. The van der Waals surface area contributed by atoms with Crippen molar-refractivity contribution >= 4 is 11.3 Å². The summed E-state index contributed by atoms with van der Waals surface area (Å²) >= 11 is 1.39. The Kier molecular flexibility index (Phi) is 3.45. The molecular weight excluding hydrogens is 263 g/mol. The van der Waals surface area contributed by atoms with Crippen LogP contribution in [0.2, 0.25) is 0 Å². The molecule has 0 saturated carbocycles. The van der Waals surface area contributed by atoms with Crippen LogP contribution >= 0.6 is 11.3 Å². The predicted octanol–water partition coefficient (Wildman–Crippen LogP) is 2.67. The van der Waals surface area contributed by atoms with Crippen LogP contribution in [0.25, 0.3) is 10.6 Å². The number of alkyl halides is 3. The van der Waals surface area contributed by atoms with Gasteiger partial charge in [0.25, 0.3) is 0 Å². The molecule has 0 fully saturated rings. The molecule has 0 aliphatic heterocycles. The average Bonchev–Trinajstić information content (AvgIpc) is 2.85. The van der Waals surface area contributed by atoms with E-state index in [0.29, 0.717) is 5.69 Å². The van der Waals surface area contributed by atoms with Gasteiger partial charge in [0.1, 0.15) is 0 Å². The van der Waals surface area contributed by atoms with Crippen molar-refractivity contribution in [3.05, 3.63) is 28.8 Å². The second kappa shape index (κ2) is 4.74. The Balaban J connectivity index is 2.62. The van der Waals surface area contributed by atoms with E-state index in [0.717, 1.165) is 4.88 Å². The van der Waals surface area contributed by atoms with Gasteiger partial charge in [0, 0.05) is 12.6 Å². The topological polar surface area (TPSA) is 43.8 Å². The summed E-state index contributed by atoms with van der Waals surface area (Å²) in [5, 5.41) is 5.42. The molecule has 0 saturated heterocycles. The molecule has 0 radical (unpaired) electrons. The van der Waals surface area contributed by atoms with Gasteiger partial charge in [0.15, 0.2) is 5.69 Å². The van der Waals surface area contributed by atoms with Crippen molar-refractivity contribution in [1.82, 2.24) is 9.78 Å². The van der Waals surface area contributed by atoms with Crippen LogP contribution in [-0.2, 0) is 19.6 Å².